The van der Waals surface area contributed by atoms with Crippen molar-refractivity contribution in [3.63, 3.8) is 0 Å². The summed E-state index contributed by atoms with van der Waals surface area (Å²) in [5.41, 5.74) is 1.03. The van der Waals surface area contributed by atoms with E-state index in [1.807, 2.05) is 0 Å². The summed E-state index contributed by atoms with van der Waals surface area (Å²) < 4.78 is 54.2. The van der Waals surface area contributed by atoms with E-state index in [0.29, 0.717) is 24.2 Å². The third-order valence-corrected chi connectivity index (χ3v) is 5.02. The number of unbranched alkanes of at least 4 members (excludes halogenated alkanes) is 1. The first kappa shape index (κ1) is 19.9. The third kappa shape index (κ3) is 4.53. The molecule has 0 bridgehead atoms. The summed E-state index contributed by atoms with van der Waals surface area (Å²) in [6.07, 6.45) is 3.30. The number of benzene rings is 2. The summed E-state index contributed by atoms with van der Waals surface area (Å²) >= 11 is 0. The predicted octanol–water partition coefficient (Wildman–Crippen LogP) is 6.12. The van der Waals surface area contributed by atoms with Gasteiger partial charge in [0.15, 0.2) is 11.6 Å². The fourth-order valence-corrected chi connectivity index (χ4v) is 3.32. The predicted molar refractivity (Wildman–Crippen MR) is 99.1 cm³/mol. The van der Waals surface area contributed by atoms with Gasteiger partial charge in [-0.25, -0.2) is 13.2 Å². The van der Waals surface area contributed by atoms with E-state index in [9.17, 15) is 13.2 Å². The van der Waals surface area contributed by atoms with Gasteiger partial charge in [0.05, 0.1) is 18.8 Å². The van der Waals surface area contributed by atoms with Gasteiger partial charge >= 0.3 is 0 Å². The average Bonchev–Trinajstić information content (AvgIpc) is 2.67. The minimum Gasteiger partial charge on any atom is -0.376 e. The molecule has 0 N–H and O–H groups in total. The Morgan fingerprint density at radius 2 is 1.89 bits per heavy atom. The Hall–Kier alpha value is -1.85. The summed E-state index contributed by atoms with van der Waals surface area (Å²) in [4.78, 5) is 0. The SMILES string of the molecule is CCCCOC1CCC(c2ccc(-c3ccc(C)c(F)c3F)cc2F)OC1. The van der Waals surface area contributed by atoms with E-state index >= 15 is 0 Å². The summed E-state index contributed by atoms with van der Waals surface area (Å²) in [5.74, 6) is -2.33. The Bertz CT molecular complexity index is 783. The van der Waals surface area contributed by atoms with Gasteiger partial charge in [-0.15, -0.1) is 0 Å². The largest absolute Gasteiger partial charge is 0.376 e. The topological polar surface area (TPSA) is 18.5 Å². The smallest absolute Gasteiger partial charge is 0.166 e. The molecule has 2 nitrogen and oxygen atoms in total. The maximum atomic E-state index is 14.6. The molecule has 2 atom stereocenters. The number of hydrogen-bond acceptors (Lipinski definition) is 2. The van der Waals surface area contributed by atoms with Crippen LogP contribution in [0.15, 0.2) is 30.3 Å². The van der Waals surface area contributed by atoms with Gasteiger partial charge in [-0.1, -0.05) is 37.6 Å². The fraction of sp³-hybridized carbons (Fsp3) is 0.455. The Labute approximate surface area is 158 Å². The van der Waals surface area contributed by atoms with Crippen molar-refractivity contribution in [3.05, 3.63) is 58.9 Å². The lowest BCUT2D eigenvalue weighted by molar-refractivity contribution is -0.0880. The van der Waals surface area contributed by atoms with Crippen LogP contribution in [-0.4, -0.2) is 19.3 Å². The molecule has 0 aliphatic carbocycles. The first-order chi connectivity index (χ1) is 13.0. The standard InChI is InChI=1S/C22H25F3O2/c1-3-4-11-26-16-7-10-20(27-13-16)18-9-6-15(12-19(18)23)17-8-5-14(2)21(24)22(17)25/h5-6,8-9,12,16,20H,3-4,7,10-11,13H2,1-2H3. The molecule has 2 aromatic carbocycles. The maximum absolute atomic E-state index is 14.6. The van der Waals surface area contributed by atoms with Crippen molar-refractivity contribution in [1.29, 1.82) is 0 Å². The van der Waals surface area contributed by atoms with Crippen molar-refractivity contribution < 1.29 is 22.6 Å². The second kappa shape index (κ2) is 8.89. The molecular weight excluding hydrogens is 353 g/mol. The maximum Gasteiger partial charge on any atom is 0.166 e. The second-order valence-corrected chi connectivity index (χ2v) is 7.04. The molecule has 1 heterocycles. The van der Waals surface area contributed by atoms with Crippen molar-refractivity contribution in [2.45, 2.75) is 51.7 Å². The number of ether oxygens (including phenoxy) is 2. The van der Waals surface area contributed by atoms with E-state index in [1.165, 1.54) is 25.1 Å². The Kier molecular flexibility index (Phi) is 6.55. The van der Waals surface area contributed by atoms with E-state index in [2.05, 4.69) is 6.92 Å². The van der Waals surface area contributed by atoms with Gasteiger partial charge in [-0.05, 0) is 43.4 Å². The lowest BCUT2D eigenvalue weighted by Crippen LogP contribution is -2.28. The highest BCUT2D eigenvalue weighted by Gasteiger charge is 2.26. The van der Waals surface area contributed by atoms with Crippen LogP contribution in [0.25, 0.3) is 11.1 Å². The molecule has 2 unspecified atom stereocenters. The van der Waals surface area contributed by atoms with Crippen LogP contribution in [0.4, 0.5) is 13.2 Å². The zero-order chi connectivity index (χ0) is 19.4. The number of aryl methyl sites for hydroxylation is 1. The summed E-state index contributed by atoms with van der Waals surface area (Å²) in [7, 11) is 0. The first-order valence-electron chi connectivity index (χ1n) is 9.48. The first-order valence-corrected chi connectivity index (χ1v) is 9.48. The van der Waals surface area contributed by atoms with Gasteiger partial charge in [-0.2, -0.15) is 0 Å². The van der Waals surface area contributed by atoms with Gasteiger partial charge in [0.1, 0.15) is 5.82 Å². The lowest BCUT2D eigenvalue weighted by atomic mass is 9.96. The normalized spacial score (nSPS) is 20.0. The van der Waals surface area contributed by atoms with Crippen LogP contribution in [0, 0.1) is 24.4 Å². The molecule has 2 aromatic rings. The molecule has 0 radical (unpaired) electrons. The van der Waals surface area contributed by atoms with Crippen molar-refractivity contribution in [2.75, 3.05) is 13.2 Å². The molecule has 3 rings (SSSR count). The molecule has 1 aliphatic heterocycles. The van der Waals surface area contributed by atoms with E-state index in [4.69, 9.17) is 9.47 Å². The van der Waals surface area contributed by atoms with Crippen LogP contribution < -0.4 is 0 Å². The van der Waals surface area contributed by atoms with Crippen LogP contribution in [0.1, 0.15) is 49.8 Å². The highest BCUT2D eigenvalue weighted by atomic mass is 19.2. The highest BCUT2D eigenvalue weighted by molar-refractivity contribution is 5.65. The van der Waals surface area contributed by atoms with Crippen LogP contribution in [0.2, 0.25) is 0 Å². The molecule has 1 aliphatic rings. The minimum absolute atomic E-state index is 0.0532. The van der Waals surface area contributed by atoms with Crippen molar-refractivity contribution in [2.24, 2.45) is 0 Å². The Balaban J connectivity index is 1.70. The van der Waals surface area contributed by atoms with E-state index < -0.39 is 17.5 Å². The van der Waals surface area contributed by atoms with E-state index in [0.717, 1.165) is 25.9 Å². The monoisotopic (exact) mass is 378 g/mol. The molecule has 5 heteroatoms. The molecular formula is C22H25F3O2. The van der Waals surface area contributed by atoms with Crippen LogP contribution >= 0.6 is 0 Å². The third-order valence-electron chi connectivity index (χ3n) is 5.02. The molecule has 0 aromatic heterocycles. The van der Waals surface area contributed by atoms with E-state index in [-0.39, 0.29) is 23.3 Å². The second-order valence-electron chi connectivity index (χ2n) is 7.04. The Morgan fingerprint density at radius 3 is 2.56 bits per heavy atom. The van der Waals surface area contributed by atoms with Crippen molar-refractivity contribution in [3.8, 4) is 11.1 Å². The quantitative estimate of drug-likeness (QED) is 0.564. The number of halogens is 3. The van der Waals surface area contributed by atoms with E-state index in [1.54, 1.807) is 12.1 Å². The molecule has 0 amide bonds. The minimum atomic E-state index is -0.955. The molecule has 146 valence electrons. The van der Waals surface area contributed by atoms with Gasteiger partial charge < -0.3 is 9.47 Å². The highest BCUT2D eigenvalue weighted by Crippen LogP contribution is 2.34. The molecule has 27 heavy (non-hydrogen) atoms. The van der Waals surface area contributed by atoms with Gasteiger partial charge in [0, 0.05) is 17.7 Å². The van der Waals surface area contributed by atoms with Crippen LogP contribution in [0.5, 0.6) is 0 Å². The van der Waals surface area contributed by atoms with Crippen molar-refractivity contribution >= 4 is 0 Å². The molecule has 0 saturated carbocycles. The number of rotatable bonds is 6. The molecule has 1 saturated heterocycles. The summed E-state index contributed by atoms with van der Waals surface area (Å²) in [6.45, 7) is 4.76. The van der Waals surface area contributed by atoms with Gasteiger partial charge in [0.25, 0.3) is 0 Å². The van der Waals surface area contributed by atoms with Crippen molar-refractivity contribution in [1.82, 2.24) is 0 Å². The van der Waals surface area contributed by atoms with Crippen LogP contribution in [0.3, 0.4) is 0 Å². The molecule has 0 spiro atoms. The zero-order valence-electron chi connectivity index (χ0n) is 15.7. The fourth-order valence-electron chi connectivity index (χ4n) is 3.32. The average molecular weight is 378 g/mol. The lowest BCUT2D eigenvalue weighted by Gasteiger charge is -2.29. The molecule has 1 fully saturated rings. The zero-order valence-corrected chi connectivity index (χ0v) is 15.7. The van der Waals surface area contributed by atoms with Gasteiger partial charge in [0.2, 0.25) is 0 Å². The van der Waals surface area contributed by atoms with Gasteiger partial charge in [-0.3, -0.25) is 0 Å². The summed E-state index contributed by atoms with van der Waals surface area (Å²) in [6, 6.07) is 7.42. The Morgan fingerprint density at radius 1 is 1.07 bits per heavy atom. The summed E-state index contributed by atoms with van der Waals surface area (Å²) in [5, 5.41) is 0. The van der Waals surface area contributed by atoms with Crippen LogP contribution in [-0.2, 0) is 9.47 Å². The number of hydrogen-bond donors (Lipinski definition) is 0.